The van der Waals surface area contributed by atoms with Crippen LogP contribution in [0.15, 0.2) is 45.9 Å². The average molecular weight is 342 g/mol. The summed E-state index contributed by atoms with van der Waals surface area (Å²) in [6.07, 6.45) is 2.78. The van der Waals surface area contributed by atoms with Gasteiger partial charge < -0.3 is 4.42 Å². The normalized spacial score (nSPS) is 19.9. The first-order valence-electron chi connectivity index (χ1n) is 7.69. The van der Waals surface area contributed by atoms with Crippen LogP contribution in [0.2, 0.25) is 0 Å². The van der Waals surface area contributed by atoms with Crippen LogP contribution >= 0.6 is 12.2 Å². The Balaban J connectivity index is 1.62. The largest absolute Gasteiger partial charge is 0.460 e. The van der Waals surface area contributed by atoms with Crippen molar-refractivity contribution in [2.75, 3.05) is 0 Å². The zero-order valence-corrected chi connectivity index (χ0v) is 13.8. The van der Waals surface area contributed by atoms with Crippen LogP contribution in [-0.4, -0.2) is 21.1 Å². The van der Waals surface area contributed by atoms with Gasteiger partial charge in [0.1, 0.15) is 17.3 Å². The maximum Gasteiger partial charge on any atom is 0.216 e. The fraction of sp³-hybridized carbons (Fsp3) is 0.235. The van der Waals surface area contributed by atoms with Gasteiger partial charge in [-0.3, -0.25) is 0 Å². The standard InChI is InChI=1S/C17H15FN4OS/c1-10-8-14(10)15-7-6-13(23-15)9-19-22-16(20-21-17(22)24)11-2-4-12(18)5-3-11/h2-7,9-10,14H,8H2,1H3,(H,21,24)/b19-9-/t10-,14+/m0/s1. The van der Waals surface area contributed by atoms with E-state index in [-0.39, 0.29) is 5.82 Å². The van der Waals surface area contributed by atoms with Crippen LogP contribution in [0.25, 0.3) is 11.4 Å². The maximum atomic E-state index is 13.1. The summed E-state index contributed by atoms with van der Waals surface area (Å²) in [6.45, 7) is 2.21. The molecule has 1 fully saturated rings. The van der Waals surface area contributed by atoms with Crippen LogP contribution in [0.5, 0.6) is 0 Å². The number of aromatic amines is 1. The van der Waals surface area contributed by atoms with E-state index in [0.29, 0.717) is 33.8 Å². The molecular formula is C17H15FN4OS. The summed E-state index contributed by atoms with van der Waals surface area (Å²) in [6, 6.07) is 9.89. The van der Waals surface area contributed by atoms with Gasteiger partial charge >= 0.3 is 0 Å². The molecule has 0 radical (unpaired) electrons. The number of H-pyrrole nitrogens is 1. The number of aromatic nitrogens is 3. The second kappa shape index (κ2) is 5.83. The Kier molecular flexibility index (Phi) is 3.65. The Morgan fingerprint density at radius 2 is 2.08 bits per heavy atom. The lowest BCUT2D eigenvalue weighted by atomic mass is 10.2. The molecule has 2 atom stereocenters. The van der Waals surface area contributed by atoms with Crippen molar-refractivity contribution in [2.45, 2.75) is 19.3 Å². The molecule has 2 aromatic heterocycles. The van der Waals surface area contributed by atoms with Gasteiger partial charge in [-0.1, -0.05) is 6.92 Å². The van der Waals surface area contributed by atoms with Crippen LogP contribution in [0.3, 0.4) is 0 Å². The number of hydrogen-bond donors (Lipinski definition) is 1. The van der Waals surface area contributed by atoms with Gasteiger partial charge in [0.05, 0.1) is 6.21 Å². The molecule has 0 aliphatic heterocycles. The van der Waals surface area contributed by atoms with Crippen molar-refractivity contribution in [1.82, 2.24) is 14.9 Å². The molecule has 7 heteroatoms. The third-order valence-electron chi connectivity index (χ3n) is 4.18. The molecule has 1 aliphatic rings. The number of benzene rings is 1. The van der Waals surface area contributed by atoms with Gasteiger partial charge in [0.15, 0.2) is 5.82 Å². The van der Waals surface area contributed by atoms with Crippen molar-refractivity contribution in [1.29, 1.82) is 0 Å². The minimum atomic E-state index is -0.305. The van der Waals surface area contributed by atoms with Crippen molar-refractivity contribution in [2.24, 2.45) is 11.0 Å². The molecule has 4 rings (SSSR count). The molecule has 0 spiro atoms. The second-order valence-corrected chi connectivity index (χ2v) is 6.36. The smallest absolute Gasteiger partial charge is 0.216 e. The predicted octanol–water partition coefficient (Wildman–Crippen LogP) is 4.35. The highest BCUT2D eigenvalue weighted by Gasteiger charge is 2.36. The van der Waals surface area contributed by atoms with Gasteiger partial charge in [-0.15, -0.1) is 0 Å². The van der Waals surface area contributed by atoms with E-state index in [1.54, 1.807) is 18.3 Å². The minimum Gasteiger partial charge on any atom is -0.460 e. The van der Waals surface area contributed by atoms with Crippen molar-refractivity contribution >= 4 is 18.4 Å². The minimum absolute atomic E-state index is 0.305. The van der Waals surface area contributed by atoms with E-state index in [1.807, 2.05) is 12.1 Å². The summed E-state index contributed by atoms with van der Waals surface area (Å²) in [5.74, 6) is 3.08. The Morgan fingerprint density at radius 1 is 1.33 bits per heavy atom. The van der Waals surface area contributed by atoms with E-state index in [1.165, 1.54) is 23.2 Å². The van der Waals surface area contributed by atoms with Gasteiger partial charge in [0, 0.05) is 11.5 Å². The zero-order chi connectivity index (χ0) is 16.7. The molecule has 122 valence electrons. The van der Waals surface area contributed by atoms with E-state index >= 15 is 0 Å². The van der Waals surface area contributed by atoms with Crippen LogP contribution in [0, 0.1) is 16.5 Å². The second-order valence-electron chi connectivity index (χ2n) is 5.98. The molecule has 3 aromatic rings. The monoisotopic (exact) mass is 342 g/mol. The van der Waals surface area contributed by atoms with Crippen molar-refractivity contribution < 1.29 is 8.81 Å². The molecule has 5 nitrogen and oxygen atoms in total. The molecule has 0 bridgehead atoms. The summed E-state index contributed by atoms with van der Waals surface area (Å²) in [7, 11) is 0. The third-order valence-corrected chi connectivity index (χ3v) is 4.44. The molecular weight excluding hydrogens is 327 g/mol. The topological polar surface area (TPSA) is 59.1 Å². The fourth-order valence-corrected chi connectivity index (χ4v) is 2.83. The molecule has 1 saturated carbocycles. The third kappa shape index (κ3) is 2.82. The number of nitrogens with zero attached hydrogens (tertiary/aromatic N) is 3. The molecule has 1 N–H and O–H groups in total. The van der Waals surface area contributed by atoms with Gasteiger partial charge in [-0.25, -0.2) is 9.49 Å². The lowest BCUT2D eigenvalue weighted by molar-refractivity contribution is 0.500. The number of nitrogens with one attached hydrogen (secondary N) is 1. The summed E-state index contributed by atoms with van der Waals surface area (Å²) in [5, 5.41) is 11.2. The molecule has 0 saturated heterocycles. The Morgan fingerprint density at radius 3 is 2.79 bits per heavy atom. The quantitative estimate of drug-likeness (QED) is 0.566. The van der Waals surface area contributed by atoms with Crippen molar-refractivity contribution in [3.63, 3.8) is 0 Å². The van der Waals surface area contributed by atoms with E-state index in [2.05, 4.69) is 22.2 Å². The fourth-order valence-electron chi connectivity index (χ4n) is 2.65. The summed E-state index contributed by atoms with van der Waals surface area (Å²) >= 11 is 5.21. The average Bonchev–Trinajstić information content (AvgIpc) is 2.97. The summed E-state index contributed by atoms with van der Waals surface area (Å²) in [4.78, 5) is 0. The Labute approximate surface area is 142 Å². The van der Waals surface area contributed by atoms with E-state index in [4.69, 9.17) is 16.6 Å². The van der Waals surface area contributed by atoms with Gasteiger partial charge in [0.25, 0.3) is 0 Å². The summed E-state index contributed by atoms with van der Waals surface area (Å²) < 4.78 is 20.7. The predicted molar refractivity (Wildman–Crippen MR) is 91.0 cm³/mol. The number of rotatable bonds is 4. The first kappa shape index (κ1) is 15.0. The van der Waals surface area contributed by atoms with Gasteiger partial charge in [0.2, 0.25) is 4.77 Å². The zero-order valence-electron chi connectivity index (χ0n) is 12.9. The number of furan rings is 1. The molecule has 2 heterocycles. The maximum absolute atomic E-state index is 13.1. The lowest BCUT2D eigenvalue weighted by Gasteiger charge is -2.00. The Bertz CT molecular complexity index is 954. The highest BCUT2D eigenvalue weighted by atomic mass is 32.1. The van der Waals surface area contributed by atoms with Crippen molar-refractivity contribution in [3.05, 3.63) is 58.5 Å². The van der Waals surface area contributed by atoms with Crippen LogP contribution in [0.1, 0.15) is 30.8 Å². The molecule has 0 amide bonds. The van der Waals surface area contributed by atoms with Gasteiger partial charge in [-0.05, 0) is 61.0 Å². The molecule has 1 aromatic carbocycles. The van der Waals surface area contributed by atoms with E-state index in [0.717, 1.165) is 5.76 Å². The van der Waals surface area contributed by atoms with Crippen LogP contribution in [0.4, 0.5) is 4.39 Å². The lowest BCUT2D eigenvalue weighted by Crippen LogP contribution is -1.94. The van der Waals surface area contributed by atoms with Crippen molar-refractivity contribution in [3.8, 4) is 11.4 Å². The van der Waals surface area contributed by atoms with E-state index < -0.39 is 0 Å². The highest BCUT2D eigenvalue weighted by molar-refractivity contribution is 7.71. The first-order valence-corrected chi connectivity index (χ1v) is 8.10. The SMILES string of the molecule is C[C@H]1C[C@H]1c1ccc(/C=N\n2c(-c3ccc(F)cc3)n[nH]c2=S)o1. The Hall–Kier alpha value is -2.54. The molecule has 0 unspecified atom stereocenters. The molecule has 1 aliphatic carbocycles. The summed E-state index contributed by atoms with van der Waals surface area (Å²) in [5.41, 5.74) is 0.716. The number of halogens is 1. The number of hydrogen-bond acceptors (Lipinski definition) is 4. The van der Waals surface area contributed by atoms with Gasteiger partial charge in [-0.2, -0.15) is 14.9 Å². The highest BCUT2D eigenvalue weighted by Crippen LogP contribution is 2.47. The first-order chi connectivity index (χ1) is 11.6. The van der Waals surface area contributed by atoms with Crippen LogP contribution < -0.4 is 0 Å². The van der Waals surface area contributed by atoms with Crippen LogP contribution in [-0.2, 0) is 0 Å². The van der Waals surface area contributed by atoms with E-state index in [9.17, 15) is 4.39 Å². The molecule has 24 heavy (non-hydrogen) atoms.